The number of fused-ring (bicyclic) bond motifs is 1. The molecule has 0 atom stereocenters. The molecule has 0 aliphatic carbocycles. The molecular formula is C22H18N4O2S2. The molecule has 1 aromatic heterocycles. The van der Waals surface area contributed by atoms with Crippen molar-refractivity contribution >= 4 is 56.7 Å². The minimum absolute atomic E-state index is 0.108. The number of aromatic nitrogens is 1. The van der Waals surface area contributed by atoms with E-state index in [1.54, 1.807) is 30.3 Å². The molecule has 5 rings (SSSR count). The molecule has 3 heterocycles. The summed E-state index contributed by atoms with van der Waals surface area (Å²) in [5.41, 5.74) is 2.75. The Morgan fingerprint density at radius 3 is 2.37 bits per heavy atom. The van der Waals surface area contributed by atoms with Crippen molar-refractivity contribution < 1.29 is 4.79 Å². The number of para-hydroxylation sites is 2. The molecule has 0 saturated carbocycles. The number of benzene rings is 2. The summed E-state index contributed by atoms with van der Waals surface area (Å²) in [5.74, 6) is -0.220. The lowest BCUT2D eigenvalue weighted by Gasteiger charge is -2.11. The molecule has 3 aromatic rings. The number of hydrazone groups is 1. The number of hydrogen-bond donors (Lipinski definition) is 0. The average Bonchev–Trinajstić information content (AvgIpc) is 3.35. The van der Waals surface area contributed by atoms with E-state index >= 15 is 0 Å². The van der Waals surface area contributed by atoms with E-state index in [0.717, 1.165) is 15.6 Å². The van der Waals surface area contributed by atoms with Gasteiger partial charge in [0.05, 0.1) is 22.7 Å². The number of hydrogen-bond acceptors (Lipinski definition) is 6. The first kappa shape index (κ1) is 18.9. The van der Waals surface area contributed by atoms with E-state index in [1.807, 2.05) is 66.5 Å². The van der Waals surface area contributed by atoms with Gasteiger partial charge in [-0.3, -0.25) is 9.59 Å². The Kier molecular flexibility index (Phi) is 4.41. The number of amides is 1. The maximum absolute atomic E-state index is 13.2. The van der Waals surface area contributed by atoms with Crippen molar-refractivity contribution in [3.8, 4) is 0 Å². The van der Waals surface area contributed by atoms with E-state index < -0.39 is 0 Å². The van der Waals surface area contributed by atoms with Gasteiger partial charge in [0, 0.05) is 19.0 Å². The summed E-state index contributed by atoms with van der Waals surface area (Å²) >= 11 is 2.93. The summed E-state index contributed by atoms with van der Waals surface area (Å²) in [6.45, 7) is 1.81. The highest BCUT2D eigenvalue weighted by Gasteiger charge is 2.31. The molecule has 0 bridgehead atoms. The Hall–Kier alpha value is -3.10. The third kappa shape index (κ3) is 2.75. The molecule has 2 aromatic carbocycles. The number of nitrogens with zero attached hydrogens (tertiary/aromatic N) is 4. The highest BCUT2D eigenvalue weighted by Crippen LogP contribution is 2.44. The molecule has 0 radical (unpaired) electrons. The number of rotatable bonds is 1. The number of carbonyl (C=O) groups is 1. The predicted octanol–water partition coefficient (Wildman–Crippen LogP) is 2.33. The van der Waals surface area contributed by atoms with E-state index in [9.17, 15) is 9.59 Å². The second kappa shape index (κ2) is 7.00. The van der Waals surface area contributed by atoms with E-state index in [1.165, 1.54) is 16.3 Å². The van der Waals surface area contributed by atoms with Crippen LogP contribution in [0, 0.1) is 0 Å². The Balaban J connectivity index is 1.70. The lowest BCUT2D eigenvalue weighted by atomic mass is 10.2. The van der Waals surface area contributed by atoms with Crippen LogP contribution >= 0.6 is 23.1 Å². The zero-order valence-electron chi connectivity index (χ0n) is 16.6. The molecule has 8 heteroatoms. The van der Waals surface area contributed by atoms with Crippen LogP contribution in [0.4, 0.5) is 11.4 Å². The van der Waals surface area contributed by atoms with E-state index in [-0.39, 0.29) is 11.5 Å². The lowest BCUT2D eigenvalue weighted by molar-refractivity contribution is -0.112. The first-order chi connectivity index (χ1) is 14.5. The van der Waals surface area contributed by atoms with E-state index in [4.69, 9.17) is 0 Å². The summed E-state index contributed by atoms with van der Waals surface area (Å²) in [5, 5.41) is 6.73. The Bertz CT molecular complexity index is 1400. The van der Waals surface area contributed by atoms with Gasteiger partial charge >= 0.3 is 0 Å². The molecule has 150 valence electrons. The number of anilines is 2. The molecule has 0 N–H and O–H groups in total. The minimum Gasteiger partial charge on any atom is -0.337 e. The molecule has 0 saturated heterocycles. The van der Waals surface area contributed by atoms with Gasteiger partial charge in [-0.2, -0.15) is 10.1 Å². The van der Waals surface area contributed by atoms with Crippen LogP contribution in [0.3, 0.4) is 0 Å². The fourth-order valence-electron chi connectivity index (χ4n) is 3.60. The molecule has 6 nitrogen and oxygen atoms in total. The van der Waals surface area contributed by atoms with Gasteiger partial charge in [0.2, 0.25) is 0 Å². The van der Waals surface area contributed by atoms with Crippen LogP contribution in [0.25, 0.3) is 10.6 Å². The second-order valence-corrected chi connectivity index (χ2v) is 9.08. The molecular weight excluding hydrogens is 416 g/mol. The number of thioether (sulfide) groups is 1. The van der Waals surface area contributed by atoms with Crippen LogP contribution in [0.15, 0.2) is 69.4 Å². The summed E-state index contributed by atoms with van der Waals surface area (Å²) in [6, 6.07) is 17.4. The fraction of sp³-hybridized carbons (Fsp3) is 0.136. The molecule has 0 spiro atoms. The van der Waals surface area contributed by atoms with Crippen LogP contribution in [-0.4, -0.2) is 23.2 Å². The third-order valence-corrected chi connectivity index (χ3v) is 7.78. The van der Waals surface area contributed by atoms with Crippen molar-refractivity contribution in [3.63, 3.8) is 0 Å². The van der Waals surface area contributed by atoms with Crippen LogP contribution in [0.5, 0.6) is 0 Å². The highest BCUT2D eigenvalue weighted by molar-refractivity contribution is 8.08. The second-order valence-electron chi connectivity index (χ2n) is 7.05. The van der Waals surface area contributed by atoms with Gasteiger partial charge < -0.3 is 9.47 Å². The SMILES string of the molecule is CC1=NN(c2ccccc2)C(=O)/C1=c1/s/c(=C2\Sc3ccccc3N2C)c(=O)n1C. The molecule has 0 fully saturated rings. The summed E-state index contributed by atoms with van der Waals surface area (Å²) in [6.07, 6.45) is 0. The minimum atomic E-state index is -0.220. The van der Waals surface area contributed by atoms with Gasteiger partial charge in [-0.05, 0) is 31.2 Å². The van der Waals surface area contributed by atoms with Gasteiger partial charge in [0.15, 0.2) is 0 Å². The predicted molar refractivity (Wildman–Crippen MR) is 123 cm³/mol. The van der Waals surface area contributed by atoms with Crippen molar-refractivity contribution in [2.45, 2.75) is 11.8 Å². The zero-order chi connectivity index (χ0) is 21.0. The Morgan fingerprint density at radius 2 is 1.63 bits per heavy atom. The first-order valence-electron chi connectivity index (χ1n) is 9.37. The Morgan fingerprint density at radius 1 is 0.933 bits per heavy atom. The maximum Gasteiger partial charge on any atom is 0.283 e. The quantitative estimate of drug-likeness (QED) is 0.590. The van der Waals surface area contributed by atoms with Crippen LogP contribution in [0.2, 0.25) is 0 Å². The molecule has 2 aliphatic rings. The monoisotopic (exact) mass is 434 g/mol. The molecule has 30 heavy (non-hydrogen) atoms. The molecule has 0 unspecified atom stereocenters. The van der Waals surface area contributed by atoms with Gasteiger partial charge in [-0.25, -0.2) is 0 Å². The highest BCUT2D eigenvalue weighted by atomic mass is 32.2. The van der Waals surface area contributed by atoms with Crippen LogP contribution in [-0.2, 0) is 11.8 Å². The van der Waals surface area contributed by atoms with Crippen molar-refractivity contribution in [1.82, 2.24) is 4.57 Å². The zero-order valence-corrected chi connectivity index (χ0v) is 18.3. The Labute approximate surface area is 181 Å². The van der Waals surface area contributed by atoms with Gasteiger partial charge in [0.1, 0.15) is 14.2 Å². The maximum atomic E-state index is 13.2. The van der Waals surface area contributed by atoms with Gasteiger partial charge in [-0.1, -0.05) is 42.1 Å². The first-order valence-corrected chi connectivity index (χ1v) is 11.0. The van der Waals surface area contributed by atoms with Crippen LogP contribution in [0.1, 0.15) is 6.92 Å². The van der Waals surface area contributed by atoms with Gasteiger partial charge in [-0.15, -0.1) is 11.3 Å². The van der Waals surface area contributed by atoms with Crippen molar-refractivity contribution in [1.29, 1.82) is 0 Å². The largest absolute Gasteiger partial charge is 0.337 e. The summed E-state index contributed by atoms with van der Waals surface area (Å²) < 4.78 is 2.81. The average molecular weight is 435 g/mol. The van der Waals surface area contributed by atoms with E-state index in [2.05, 4.69) is 5.10 Å². The summed E-state index contributed by atoms with van der Waals surface area (Å²) in [7, 11) is 3.68. The van der Waals surface area contributed by atoms with Gasteiger partial charge in [0.25, 0.3) is 11.5 Å². The van der Waals surface area contributed by atoms with E-state index in [0.29, 0.717) is 26.2 Å². The lowest BCUT2D eigenvalue weighted by Crippen LogP contribution is -2.33. The van der Waals surface area contributed by atoms with Crippen molar-refractivity contribution in [3.05, 3.63) is 74.1 Å². The van der Waals surface area contributed by atoms with Crippen LogP contribution < -0.4 is 24.7 Å². The smallest absolute Gasteiger partial charge is 0.283 e. The third-order valence-electron chi connectivity index (χ3n) is 5.17. The summed E-state index contributed by atoms with van der Waals surface area (Å²) in [4.78, 5) is 29.5. The number of carbonyl (C=O) groups excluding carboxylic acids is 1. The standard InChI is InChI=1S/C22H18N4O2S2/c1-13-17(19(27)26(23-13)14-9-5-4-6-10-14)21-25(3)20(28)18(30-21)22-24(2)15-11-7-8-12-16(15)29-22/h4-12H,1-3H3/b21-17+,22-18-. The fourth-order valence-corrected chi connectivity index (χ4v) is 6.13. The number of thiazole rings is 1. The van der Waals surface area contributed by atoms with Crippen molar-refractivity contribution in [2.24, 2.45) is 12.1 Å². The molecule has 1 amide bonds. The van der Waals surface area contributed by atoms with Crippen molar-refractivity contribution in [2.75, 3.05) is 17.0 Å². The topological polar surface area (TPSA) is 57.9 Å². The molecule has 2 aliphatic heterocycles. The normalized spacial score (nSPS) is 19.4.